The lowest BCUT2D eigenvalue weighted by Crippen LogP contribution is -2.48. The van der Waals surface area contributed by atoms with Crippen molar-refractivity contribution in [2.75, 3.05) is 26.2 Å². The van der Waals surface area contributed by atoms with Crippen molar-refractivity contribution in [2.24, 2.45) is 0 Å². The van der Waals surface area contributed by atoms with Gasteiger partial charge in [-0.05, 0) is 31.2 Å². The minimum absolute atomic E-state index is 0.0325. The van der Waals surface area contributed by atoms with E-state index in [1.54, 1.807) is 16.8 Å². The van der Waals surface area contributed by atoms with Crippen LogP contribution < -0.4 is 4.74 Å². The molecule has 0 radical (unpaired) electrons. The van der Waals surface area contributed by atoms with Gasteiger partial charge in [0, 0.05) is 42.7 Å². The van der Waals surface area contributed by atoms with Gasteiger partial charge in [-0.2, -0.15) is 4.98 Å². The van der Waals surface area contributed by atoms with E-state index in [-0.39, 0.29) is 5.91 Å². The second-order valence-corrected chi connectivity index (χ2v) is 8.96. The first kappa shape index (κ1) is 22.2. The van der Waals surface area contributed by atoms with Crippen molar-refractivity contribution in [3.05, 3.63) is 82.1 Å². The fourth-order valence-corrected chi connectivity index (χ4v) is 4.32. The summed E-state index contributed by atoms with van der Waals surface area (Å²) in [4.78, 5) is 25.8. The number of aryl methyl sites for hydroxylation is 1. The molecule has 2 aromatic heterocycles. The van der Waals surface area contributed by atoms with Gasteiger partial charge in [0.25, 0.3) is 5.91 Å². The molecule has 174 valence electrons. The van der Waals surface area contributed by atoms with Gasteiger partial charge in [0.2, 0.25) is 11.7 Å². The van der Waals surface area contributed by atoms with Crippen LogP contribution in [0.25, 0.3) is 11.4 Å². The lowest BCUT2D eigenvalue weighted by atomic mass is 10.1. The Labute approximate surface area is 201 Å². The van der Waals surface area contributed by atoms with E-state index >= 15 is 0 Å². The number of hydrogen-bond donors (Lipinski definition) is 0. The molecule has 34 heavy (non-hydrogen) atoms. The normalized spacial score (nSPS) is 14.3. The van der Waals surface area contributed by atoms with Crippen LogP contribution in [-0.2, 0) is 13.2 Å². The van der Waals surface area contributed by atoms with E-state index in [0.717, 1.165) is 30.1 Å². The lowest BCUT2D eigenvalue weighted by Gasteiger charge is -2.34. The van der Waals surface area contributed by atoms with Gasteiger partial charge in [-0.25, -0.2) is 4.98 Å². The highest BCUT2D eigenvalue weighted by molar-refractivity contribution is 7.07. The maximum Gasteiger partial charge on any atom is 0.253 e. The highest BCUT2D eigenvalue weighted by atomic mass is 32.1. The Morgan fingerprint density at radius 1 is 1.06 bits per heavy atom. The van der Waals surface area contributed by atoms with Crippen molar-refractivity contribution in [3.63, 3.8) is 0 Å². The highest BCUT2D eigenvalue weighted by Crippen LogP contribution is 2.19. The van der Waals surface area contributed by atoms with E-state index in [2.05, 4.69) is 20.0 Å². The second-order valence-electron chi connectivity index (χ2n) is 8.24. The monoisotopic (exact) mass is 475 g/mol. The first-order valence-electron chi connectivity index (χ1n) is 11.2. The molecule has 0 saturated carbocycles. The summed E-state index contributed by atoms with van der Waals surface area (Å²) in [6, 6.07) is 15.3. The number of nitrogens with zero attached hydrogens (tertiary/aromatic N) is 5. The largest absolute Gasteiger partial charge is 0.487 e. The Bertz CT molecular complexity index is 1210. The minimum Gasteiger partial charge on any atom is -0.487 e. The average Bonchev–Trinajstić information content (AvgIpc) is 3.56. The Kier molecular flexibility index (Phi) is 6.64. The zero-order chi connectivity index (χ0) is 23.3. The van der Waals surface area contributed by atoms with Crippen molar-refractivity contribution >= 4 is 17.2 Å². The molecule has 9 heteroatoms. The van der Waals surface area contributed by atoms with Crippen LogP contribution in [0.1, 0.15) is 27.5 Å². The molecule has 0 atom stereocenters. The molecule has 0 spiro atoms. The van der Waals surface area contributed by atoms with Gasteiger partial charge in [-0.1, -0.05) is 35.0 Å². The Morgan fingerprint density at radius 2 is 1.82 bits per heavy atom. The number of carbonyl (C=O) groups is 1. The van der Waals surface area contributed by atoms with Crippen molar-refractivity contribution in [1.29, 1.82) is 0 Å². The zero-order valence-corrected chi connectivity index (χ0v) is 19.7. The molecule has 2 aromatic carbocycles. The number of rotatable bonds is 7. The lowest BCUT2D eigenvalue weighted by molar-refractivity contribution is 0.0615. The quantitative estimate of drug-likeness (QED) is 0.399. The molecule has 1 fully saturated rings. The second kappa shape index (κ2) is 10.1. The molecule has 0 N–H and O–H groups in total. The molecule has 8 nitrogen and oxygen atoms in total. The fraction of sp³-hybridized carbons (Fsp3) is 0.280. The summed E-state index contributed by atoms with van der Waals surface area (Å²) in [6.07, 6.45) is 0. The number of benzene rings is 2. The van der Waals surface area contributed by atoms with Gasteiger partial charge in [-0.3, -0.25) is 9.69 Å². The number of aromatic nitrogens is 3. The van der Waals surface area contributed by atoms with E-state index in [4.69, 9.17) is 9.26 Å². The predicted molar refractivity (Wildman–Crippen MR) is 129 cm³/mol. The summed E-state index contributed by atoms with van der Waals surface area (Å²) in [6.45, 7) is 5.85. The van der Waals surface area contributed by atoms with Crippen LogP contribution in [0.3, 0.4) is 0 Å². The van der Waals surface area contributed by atoms with Crippen LogP contribution in [0.4, 0.5) is 0 Å². The molecular formula is C25H25N5O3S. The Morgan fingerprint density at radius 3 is 2.53 bits per heavy atom. The van der Waals surface area contributed by atoms with Crippen LogP contribution in [0, 0.1) is 6.92 Å². The van der Waals surface area contributed by atoms with Gasteiger partial charge in [-0.15, -0.1) is 11.3 Å². The standard InChI is InChI=1S/C25H25N5O3S/c1-18-2-4-19(5-3-18)24-27-23(33-28-24)14-29-10-12-30(13-11-29)25(31)20-6-8-22(9-7-20)32-15-21-16-34-17-26-21/h2-9,16-17H,10-15H2,1H3. The van der Waals surface area contributed by atoms with E-state index in [0.29, 0.717) is 43.5 Å². The maximum absolute atomic E-state index is 12.9. The first-order chi connectivity index (χ1) is 16.6. The molecule has 1 aliphatic heterocycles. The maximum atomic E-state index is 12.9. The first-order valence-corrected chi connectivity index (χ1v) is 12.1. The molecule has 1 aliphatic rings. The SMILES string of the molecule is Cc1ccc(-c2noc(CN3CCN(C(=O)c4ccc(OCc5cscn5)cc4)CC3)n2)cc1. The third-order valence-corrected chi connectivity index (χ3v) is 6.40. The molecule has 0 bridgehead atoms. The Balaban J connectivity index is 1.11. The van der Waals surface area contributed by atoms with Gasteiger partial charge in [0.15, 0.2) is 0 Å². The van der Waals surface area contributed by atoms with Gasteiger partial charge in [0.05, 0.1) is 17.7 Å². The third kappa shape index (κ3) is 5.32. The van der Waals surface area contributed by atoms with Gasteiger partial charge >= 0.3 is 0 Å². The zero-order valence-electron chi connectivity index (χ0n) is 18.9. The third-order valence-electron chi connectivity index (χ3n) is 5.77. The predicted octanol–water partition coefficient (Wildman–Crippen LogP) is 4.04. The van der Waals surface area contributed by atoms with Crippen LogP contribution >= 0.6 is 11.3 Å². The number of thiazole rings is 1. The fourth-order valence-electron chi connectivity index (χ4n) is 3.78. The van der Waals surface area contributed by atoms with Crippen LogP contribution in [0.5, 0.6) is 5.75 Å². The number of amides is 1. The molecule has 4 aromatic rings. The molecule has 0 unspecified atom stereocenters. The minimum atomic E-state index is 0.0325. The summed E-state index contributed by atoms with van der Waals surface area (Å²) >= 11 is 1.54. The summed E-state index contributed by atoms with van der Waals surface area (Å²) in [7, 11) is 0. The number of hydrogen-bond acceptors (Lipinski definition) is 8. The highest BCUT2D eigenvalue weighted by Gasteiger charge is 2.23. The van der Waals surface area contributed by atoms with E-state index in [9.17, 15) is 4.79 Å². The van der Waals surface area contributed by atoms with Crippen molar-refractivity contribution in [2.45, 2.75) is 20.1 Å². The number of carbonyl (C=O) groups excluding carboxylic acids is 1. The molecule has 3 heterocycles. The number of piperazine rings is 1. The molecule has 1 amide bonds. The van der Waals surface area contributed by atoms with Crippen molar-refractivity contribution in [1.82, 2.24) is 24.9 Å². The van der Waals surface area contributed by atoms with Crippen molar-refractivity contribution < 1.29 is 14.1 Å². The number of ether oxygens (including phenoxy) is 1. The smallest absolute Gasteiger partial charge is 0.253 e. The van der Waals surface area contributed by atoms with Gasteiger partial charge < -0.3 is 14.2 Å². The van der Waals surface area contributed by atoms with Crippen LogP contribution in [0.2, 0.25) is 0 Å². The average molecular weight is 476 g/mol. The van der Waals surface area contributed by atoms with E-state index < -0.39 is 0 Å². The summed E-state index contributed by atoms with van der Waals surface area (Å²) in [5.41, 5.74) is 5.47. The molecule has 1 saturated heterocycles. The van der Waals surface area contributed by atoms with Crippen molar-refractivity contribution in [3.8, 4) is 17.1 Å². The molecule has 5 rings (SSSR count). The van der Waals surface area contributed by atoms with Gasteiger partial charge in [0.1, 0.15) is 12.4 Å². The topological polar surface area (TPSA) is 84.6 Å². The summed E-state index contributed by atoms with van der Waals surface area (Å²) in [5.74, 6) is 1.94. The molecule has 0 aliphatic carbocycles. The summed E-state index contributed by atoms with van der Waals surface area (Å²) < 4.78 is 11.2. The Hall–Kier alpha value is -3.56. The molecular weight excluding hydrogens is 450 g/mol. The van der Waals surface area contributed by atoms with E-state index in [1.807, 2.05) is 65.7 Å². The summed E-state index contributed by atoms with van der Waals surface area (Å²) in [5, 5.41) is 6.07. The van der Waals surface area contributed by atoms with Crippen LogP contribution in [-0.4, -0.2) is 57.0 Å². The van der Waals surface area contributed by atoms with Crippen LogP contribution in [0.15, 0.2) is 63.9 Å². The van der Waals surface area contributed by atoms with E-state index in [1.165, 1.54) is 5.56 Å².